The summed E-state index contributed by atoms with van der Waals surface area (Å²) >= 11 is 0. The second-order valence-electron chi connectivity index (χ2n) is 6.76. The standard InChI is InChI=1S/C15H23N5O2/c1-15(2,3)11-4-5-13(19-18-11)17-14(22)20-7-6-10(9-20)8-12(16)21/h4-5,10H,6-9H2,1-3H3,(H2,16,21)(H,17,19,22). The average Bonchev–Trinajstić information content (AvgIpc) is 2.86. The molecule has 1 aliphatic heterocycles. The lowest BCUT2D eigenvalue weighted by atomic mass is 9.92. The van der Waals surface area contributed by atoms with E-state index in [1.54, 1.807) is 11.0 Å². The summed E-state index contributed by atoms with van der Waals surface area (Å²) in [6.45, 7) is 7.33. The van der Waals surface area contributed by atoms with Crippen molar-refractivity contribution >= 4 is 17.8 Å². The molecule has 0 bridgehead atoms. The van der Waals surface area contributed by atoms with E-state index in [0.29, 0.717) is 25.3 Å². The van der Waals surface area contributed by atoms with Crippen molar-refractivity contribution in [2.45, 2.75) is 39.0 Å². The molecule has 22 heavy (non-hydrogen) atoms. The average molecular weight is 305 g/mol. The first-order valence-electron chi connectivity index (χ1n) is 7.44. The topological polar surface area (TPSA) is 101 Å². The summed E-state index contributed by atoms with van der Waals surface area (Å²) in [5.74, 6) is 0.254. The van der Waals surface area contributed by atoms with Crippen molar-refractivity contribution in [3.63, 3.8) is 0 Å². The molecule has 1 atom stereocenters. The van der Waals surface area contributed by atoms with Crippen LogP contribution in [-0.2, 0) is 10.2 Å². The second kappa shape index (κ2) is 6.29. The van der Waals surface area contributed by atoms with Gasteiger partial charge in [0.2, 0.25) is 5.91 Å². The highest BCUT2D eigenvalue weighted by Crippen LogP contribution is 2.21. The van der Waals surface area contributed by atoms with E-state index in [1.165, 1.54) is 0 Å². The molecule has 7 nitrogen and oxygen atoms in total. The number of hydrogen-bond donors (Lipinski definition) is 2. The van der Waals surface area contributed by atoms with Crippen LogP contribution in [-0.4, -0.2) is 40.1 Å². The molecule has 0 radical (unpaired) electrons. The molecule has 120 valence electrons. The Balaban J connectivity index is 1.91. The molecule has 2 rings (SSSR count). The molecule has 1 fully saturated rings. The van der Waals surface area contributed by atoms with Crippen LogP contribution < -0.4 is 11.1 Å². The van der Waals surface area contributed by atoms with Crippen LogP contribution in [0.5, 0.6) is 0 Å². The van der Waals surface area contributed by atoms with Crippen LogP contribution in [0.4, 0.5) is 10.6 Å². The molecule has 0 spiro atoms. The molecule has 0 aromatic carbocycles. The number of carbonyl (C=O) groups is 2. The van der Waals surface area contributed by atoms with Gasteiger partial charge in [-0.05, 0) is 24.5 Å². The van der Waals surface area contributed by atoms with Gasteiger partial charge in [0.15, 0.2) is 5.82 Å². The number of nitrogens with two attached hydrogens (primary N) is 1. The maximum atomic E-state index is 12.2. The third kappa shape index (κ3) is 4.16. The lowest BCUT2D eigenvalue weighted by molar-refractivity contribution is -0.118. The lowest BCUT2D eigenvalue weighted by Crippen LogP contribution is -2.33. The highest BCUT2D eigenvalue weighted by atomic mass is 16.2. The van der Waals surface area contributed by atoms with Gasteiger partial charge in [0.25, 0.3) is 0 Å². The van der Waals surface area contributed by atoms with Crippen molar-refractivity contribution in [3.05, 3.63) is 17.8 Å². The number of urea groups is 1. The van der Waals surface area contributed by atoms with Crippen molar-refractivity contribution in [3.8, 4) is 0 Å². The van der Waals surface area contributed by atoms with Gasteiger partial charge >= 0.3 is 6.03 Å². The van der Waals surface area contributed by atoms with E-state index < -0.39 is 0 Å². The van der Waals surface area contributed by atoms with E-state index in [2.05, 4.69) is 36.3 Å². The van der Waals surface area contributed by atoms with Gasteiger partial charge in [-0.2, -0.15) is 5.10 Å². The summed E-state index contributed by atoms with van der Waals surface area (Å²) in [6, 6.07) is 3.40. The Hall–Kier alpha value is -2.18. The monoisotopic (exact) mass is 305 g/mol. The van der Waals surface area contributed by atoms with Crippen LogP contribution in [0.15, 0.2) is 12.1 Å². The Morgan fingerprint density at radius 3 is 2.64 bits per heavy atom. The van der Waals surface area contributed by atoms with Crippen LogP contribution in [0.25, 0.3) is 0 Å². The normalized spacial score (nSPS) is 18.3. The highest BCUT2D eigenvalue weighted by Gasteiger charge is 2.27. The fourth-order valence-electron chi connectivity index (χ4n) is 2.46. The summed E-state index contributed by atoms with van der Waals surface area (Å²) in [5.41, 5.74) is 5.98. The van der Waals surface area contributed by atoms with Crippen molar-refractivity contribution < 1.29 is 9.59 Å². The molecule has 0 aliphatic carbocycles. The summed E-state index contributed by atoms with van der Waals surface area (Å²) in [7, 11) is 0. The molecule has 3 amide bonds. The molecule has 0 saturated carbocycles. The van der Waals surface area contributed by atoms with E-state index in [9.17, 15) is 9.59 Å². The molecule has 3 N–H and O–H groups in total. The van der Waals surface area contributed by atoms with Crippen molar-refractivity contribution in [1.82, 2.24) is 15.1 Å². The maximum Gasteiger partial charge on any atom is 0.323 e. The number of aromatic nitrogens is 2. The third-order valence-corrected chi connectivity index (χ3v) is 3.73. The van der Waals surface area contributed by atoms with E-state index >= 15 is 0 Å². The predicted octanol–water partition coefficient (Wildman–Crippen LogP) is 1.50. The number of likely N-dealkylation sites (tertiary alicyclic amines) is 1. The van der Waals surface area contributed by atoms with Gasteiger partial charge in [0.05, 0.1) is 5.69 Å². The van der Waals surface area contributed by atoms with Crippen LogP contribution in [0.3, 0.4) is 0 Å². The van der Waals surface area contributed by atoms with Crippen LogP contribution in [0.2, 0.25) is 0 Å². The second-order valence-corrected chi connectivity index (χ2v) is 6.76. The summed E-state index contributed by atoms with van der Waals surface area (Å²) in [4.78, 5) is 24.8. The number of hydrogen-bond acceptors (Lipinski definition) is 4. The van der Waals surface area contributed by atoms with Crippen molar-refractivity contribution in [2.24, 2.45) is 11.7 Å². The van der Waals surface area contributed by atoms with E-state index in [1.807, 2.05) is 6.07 Å². The number of rotatable bonds is 3. The Morgan fingerprint density at radius 2 is 2.09 bits per heavy atom. The van der Waals surface area contributed by atoms with Gasteiger partial charge in [0.1, 0.15) is 0 Å². The Bertz CT molecular complexity index is 550. The maximum absolute atomic E-state index is 12.2. The quantitative estimate of drug-likeness (QED) is 0.883. The van der Waals surface area contributed by atoms with E-state index in [-0.39, 0.29) is 23.3 Å². The third-order valence-electron chi connectivity index (χ3n) is 3.73. The lowest BCUT2D eigenvalue weighted by Gasteiger charge is -2.18. The number of amides is 3. The van der Waals surface area contributed by atoms with Gasteiger partial charge in [-0.25, -0.2) is 4.79 Å². The molecular weight excluding hydrogens is 282 g/mol. The Kier molecular flexibility index (Phi) is 4.63. The van der Waals surface area contributed by atoms with Crippen molar-refractivity contribution in [1.29, 1.82) is 0 Å². The van der Waals surface area contributed by atoms with Gasteiger partial charge < -0.3 is 10.6 Å². The first-order valence-corrected chi connectivity index (χ1v) is 7.44. The van der Waals surface area contributed by atoms with Gasteiger partial charge in [-0.3, -0.25) is 10.1 Å². The zero-order valence-corrected chi connectivity index (χ0v) is 13.3. The summed E-state index contributed by atoms with van der Waals surface area (Å²) < 4.78 is 0. The molecule has 1 aliphatic rings. The number of carbonyl (C=O) groups excluding carboxylic acids is 2. The summed E-state index contributed by atoms with van der Waals surface area (Å²) in [5, 5.41) is 10.9. The fourth-order valence-corrected chi connectivity index (χ4v) is 2.46. The zero-order chi connectivity index (χ0) is 16.3. The fraction of sp³-hybridized carbons (Fsp3) is 0.600. The first kappa shape index (κ1) is 16.2. The number of anilines is 1. The minimum absolute atomic E-state index is 0.0769. The van der Waals surface area contributed by atoms with E-state index in [4.69, 9.17) is 5.73 Å². The van der Waals surface area contributed by atoms with E-state index in [0.717, 1.165) is 12.1 Å². The molecule has 7 heteroatoms. The first-order chi connectivity index (χ1) is 10.3. The van der Waals surface area contributed by atoms with Gasteiger partial charge in [-0.15, -0.1) is 5.10 Å². The number of nitrogens with one attached hydrogen (secondary N) is 1. The molecule has 1 unspecified atom stereocenters. The summed E-state index contributed by atoms with van der Waals surface area (Å²) in [6.07, 6.45) is 1.12. The highest BCUT2D eigenvalue weighted by molar-refractivity contribution is 5.88. The van der Waals surface area contributed by atoms with Crippen LogP contribution >= 0.6 is 0 Å². The van der Waals surface area contributed by atoms with Gasteiger partial charge in [0, 0.05) is 24.9 Å². The van der Waals surface area contributed by atoms with Crippen molar-refractivity contribution in [2.75, 3.05) is 18.4 Å². The van der Waals surface area contributed by atoms with Crippen LogP contribution in [0, 0.1) is 5.92 Å². The Morgan fingerprint density at radius 1 is 1.36 bits per heavy atom. The molecule has 1 aromatic rings. The Labute approximate surface area is 130 Å². The smallest absolute Gasteiger partial charge is 0.323 e. The SMILES string of the molecule is CC(C)(C)c1ccc(NC(=O)N2CCC(CC(N)=O)C2)nn1. The molecule has 1 saturated heterocycles. The minimum Gasteiger partial charge on any atom is -0.370 e. The van der Waals surface area contributed by atoms with Crippen LogP contribution in [0.1, 0.15) is 39.3 Å². The molecular formula is C15H23N5O2. The predicted molar refractivity (Wildman–Crippen MR) is 83.2 cm³/mol. The zero-order valence-electron chi connectivity index (χ0n) is 13.3. The molecule has 1 aromatic heterocycles. The minimum atomic E-state index is -0.323. The largest absolute Gasteiger partial charge is 0.370 e. The van der Waals surface area contributed by atoms with Gasteiger partial charge in [-0.1, -0.05) is 20.8 Å². The number of nitrogens with zero attached hydrogens (tertiary/aromatic N) is 3. The molecule has 2 heterocycles. The number of primary amides is 1.